The third kappa shape index (κ3) is 4.28. The van der Waals surface area contributed by atoms with Crippen LogP contribution in [0, 0.1) is 0 Å². The first-order valence-corrected chi connectivity index (χ1v) is 6.46. The SMILES string of the molecule is CC(CC(F)(F)F)NCC1Cc2cc(Cl)ccc2O1. The molecule has 19 heavy (non-hydrogen) atoms. The molecule has 1 aliphatic rings. The Hall–Kier alpha value is -0.940. The zero-order chi connectivity index (χ0) is 14.0. The predicted molar refractivity (Wildman–Crippen MR) is 67.7 cm³/mol. The van der Waals surface area contributed by atoms with Gasteiger partial charge in [-0.25, -0.2) is 0 Å². The molecule has 1 aromatic carbocycles. The van der Waals surface area contributed by atoms with Crippen molar-refractivity contribution in [3.8, 4) is 5.75 Å². The lowest BCUT2D eigenvalue weighted by molar-refractivity contribution is -0.139. The highest BCUT2D eigenvalue weighted by molar-refractivity contribution is 6.30. The van der Waals surface area contributed by atoms with Crippen LogP contribution in [0.2, 0.25) is 5.02 Å². The first-order chi connectivity index (χ1) is 8.83. The molecule has 0 saturated heterocycles. The van der Waals surface area contributed by atoms with Crippen molar-refractivity contribution >= 4 is 11.6 Å². The van der Waals surface area contributed by atoms with Crippen LogP contribution >= 0.6 is 11.6 Å². The lowest BCUT2D eigenvalue weighted by Crippen LogP contribution is -2.38. The highest BCUT2D eigenvalue weighted by atomic mass is 35.5. The van der Waals surface area contributed by atoms with Crippen LogP contribution in [0.1, 0.15) is 18.9 Å². The zero-order valence-corrected chi connectivity index (χ0v) is 11.2. The Balaban J connectivity index is 1.81. The van der Waals surface area contributed by atoms with Crippen LogP contribution in [0.25, 0.3) is 0 Å². The number of alkyl halides is 3. The van der Waals surface area contributed by atoms with E-state index < -0.39 is 18.6 Å². The Bertz CT molecular complexity index is 450. The Kier molecular flexibility index (Phi) is 4.26. The van der Waals surface area contributed by atoms with E-state index in [0.717, 1.165) is 11.3 Å². The third-order valence-electron chi connectivity index (χ3n) is 3.00. The van der Waals surface area contributed by atoms with Gasteiger partial charge in [0.15, 0.2) is 0 Å². The summed E-state index contributed by atoms with van der Waals surface area (Å²) in [6, 6.07) is 4.74. The molecule has 1 N–H and O–H groups in total. The second-order valence-corrected chi connectivity index (χ2v) is 5.26. The Morgan fingerprint density at radius 2 is 2.21 bits per heavy atom. The maximum Gasteiger partial charge on any atom is 0.390 e. The van der Waals surface area contributed by atoms with Crippen molar-refractivity contribution in [2.24, 2.45) is 0 Å². The van der Waals surface area contributed by atoms with E-state index in [4.69, 9.17) is 16.3 Å². The van der Waals surface area contributed by atoms with E-state index in [-0.39, 0.29) is 6.10 Å². The summed E-state index contributed by atoms with van der Waals surface area (Å²) < 4.78 is 42.2. The van der Waals surface area contributed by atoms with Gasteiger partial charge in [-0.2, -0.15) is 13.2 Å². The lowest BCUT2D eigenvalue weighted by atomic mass is 10.1. The van der Waals surface area contributed by atoms with E-state index in [1.165, 1.54) is 6.92 Å². The molecule has 2 atom stereocenters. The second kappa shape index (κ2) is 5.59. The van der Waals surface area contributed by atoms with Gasteiger partial charge in [-0.3, -0.25) is 0 Å². The molecule has 106 valence electrons. The minimum atomic E-state index is -4.14. The highest BCUT2D eigenvalue weighted by Gasteiger charge is 2.30. The normalized spacial score (nSPS) is 19.9. The van der Waals surface area contributed by atoms with Crippen molar-refractivity contribution < 1.29 is 17.9 Å². The maximum absolute atomic E-state index is 12.2. The van der Waals surface area contributed by atoms with E-state index in [1.807, 2.05) is 6.07 Å². The summed E-state index contributed by atoms with van der Waals surface area (Å²) in [6.07, 6.45) is -4.44. The van der Waals surface area contributed by atoms with Gasteiger partial charge in [-0.1, -0.05) is 11.6 Å². The molecule has 0 fully saturated rings. The monoisotopic (exact) mass is 293 g/mol. The van der Waals surface area contributed by atoms with Crippen molar-refractivity contribution in [1.29, 1.82) is 0 Å². The molecular weight excluding hydrogens is 279 g/mol. The molecule has 0 spiro atoms. The number of halogens is 4. The smallest absolute Gasteiger partial charge is 0.390 e. The highest BCUT2D eigenvalue weighted by Crippen LogP contribution is 2.31. The largest absolute Gasteiger partial charge is 0.488 e. The standard InChI is InChI=1S/C13H15ClF3NO/c1-8(6-13(15,16)17)18-7-11-5-9-4-10(14)2-3-12(9)19-11/h2-4,8,11,18H,5-7H2,1H3. The van der Waals surface area contributed by atoms with Gasteiger partial charge in [0.05, 0.1) is 6.42 Å². The first-order valence-electron chi connectivity index (χ1n) is 6.09. The molecule has 0 saturated carbocycles. The molecule has 0 aliphatic carbocycles. The second-order valence-electron chi connectivity index (χ2n) is 4.82. The van der Waals surface area contributed by atoms with Crippen LogP contribution in [0.5, 0.6) is 5.75 Å². The summed E-state index contributed by atoms with van der Waals surface area (Å²) in [5.74, 6) is 0.764. The molecule has 6 heteroatoms. The van der Waals surface area contributed by atoms with Crippen LogP contribution in [-0.4, -0.2) is 24.9 Å². The van der Waals surface area contributed by atoms with E-state index in [0.29, 0.717) is 18.0 Å². The van der Waals surface area contributed by atoms with E-state index >= 15 is 0 Å². The molecular formula is C13H15ClF3NO. The number of rotatable bonds is 4. The van der Waals surface area contributed by atoms with Gasteiger partial charge in [0, 0.05) is 24.0 Å². The molecule has 2 rings (SSSR count). The van der Waals surface area contributed by atoms with E-state index in [1.54, 1.807) is 12.1 Å². The predicted octanol–water partition coefficient (Wildman–Crippen LogP) is 3.57. The van der Waals surface area contributed by atoms with Crippen LogP contribution in [-0.2, 0) is 6.42 Å². The summed E-state index contributed by atoms with van der Waals surface area (Å²) >= 11 is 5.88. The summed E-state index contributed by atoms with van der Waals surface area (Å²) in [4.78, 5) is 0. The number of benzene rings is 1. The van der Waals surface area contributed by atoms with E-state index in [9.17, 15) is 13.2 Å². The van der Waals surface area contributed by atoms with Crippen LogP contribution in [0.3, 0.4) is 0 Å². The van der Waals surface area contributed by atoms with Crippen LogP contribution in [0.15, 0.2) is 18.2 Å². The van der Waals surface area contributed by atoms with Gasteiger partial charge in [-0.15, -0.1) is 0 Å². The summed E-state index contributed by atoms with van der Waals surface area (Å²) in [7, 11) is 0. The zero-order valence-electron chi connectivity index (χ0n) is 10.4. The van der Waals surface area contributed by atoms with Crippen molar-refractivity contribution in [1.82, 2.24) is 5.32 Å². The molecule has 0 radical (unpaired) electrons. The topological polar surface area (TPSA) is 21.3 Å². The average molecular weight is 294 g/mol. The quantitative estimate of drug-likeness (QED) is 0.916. The number of ether oxygens (including phenoxy) is 1. The molecule has 0 aromatic heterocycles. The van der Waals surface area contributed by atoms with Crippen molar-refractivity contribution in [3.63, 3.8) is 0 Å². The summed E-state index contributed by atoms with van der Waals surface area (Å²) in [5, 5.41) is 3.49. The van der Waals surface area contributed by atoms with Gasteiger partial charge in [-0.05, 0) is 30.7 Å². The van der Waals surface area contributed by atoms with Crippen molar-refractivity contribution in [3.05, 3.63) is 28.8 Å². The minimum Gasteiger partial charge on any atom is -0.488 e. The van der Waals surface area contributed by atoms with Crippen LogP contribution in [0.4, 0.5) is 13.2 Å². The Morgan fingerprint density at radius 1 is 1.47 bits per heavy atom. The third-order valence-corrected chi connectivity index (χ3v) is 3.23. The molecule has 0 bridgehead atoms. The molecule has 2 nitrogen and oxygen atoms in total. The molecule has 0 amide bonds. The number of fused-ring (bicyclic) bond motifs is 1. The fourth-order valence-electron chi connectivity index (χ4n) is 2.15. The lowest BCUT2D eigenvalue weighted by Gasteiger charge is -2.18. The molecule has 1 aromatic rings. The van der Waals surface area contributed by atoms with Gasteiger partial charge >= 0.3 is 6.18 Å². The van der Waals surface area contributed by atoms with E-state index in [2.05, 4.69) is 5.32 Å². The van der Waals surface area contributed by atoms with Crippen molar-refractivity contribution in [2.45, 2.75) is 38.1 Å². The van der Waals surface area contributed by atoms with Gasteiger partial charge < -0.3 is 10.1 Å². The van der Waals surface area contributed by atoms with Gasteiger partial charge in [0.2, 0.25) is 0 Å². The Labute approximate surface area is 114 Å². The molecule has 1 heterocycles. The maximum atomic E-state index is 12.2. The fraction of sp³-hybridized carbons (Fsp3) is 0.538. The van der Waals surface area contributed by atoms with Gasteiger partial charge in [0.25, 0.3) is 0 Å². The molecule has 1 aliphatic heterocycles. The minimum absolute atomic E-state index is 0.135. The fourth-order valence-corrected chi connectivity index (χ4v) is 2.35. The number of nitrogens with one attached hydrogen (secondary N) is 1. The van der Waals surface area contributed by atoms with Gasteiger partial charge in [0.1, 0.15) is 11.9 Å². The van der Waals surface area contributed by atoms with Crippen LogP contribution < -0.4 is 10.1 Å². The Morgan fingerprint density at radius 3 is 2.89 bits per heavy atom. The number of hydrogen-bond acceptors (Lipinski definition) is 2. The first kappa shape index (κ1) is 14.5. The van der Waals surface area contributed by atoms with Crippen molar-refractivity contribution in [2.75, 3.05) is 6.54 Å². The summed E-state index contributed by atoms with van der Waals surface area (Å²) in [6.45, 7) is 1.91. The molecule has 2 unspecified atom stereocenters. The summed E-state index contributed by atoms with van der Waals surface area (Å²) in [5.41, 5.74) is 1.00. The average Bonchev–Trinajstić information content (AvgIpc) is 2.66. The number of hydrogen-bond donors (Lipinski definition) is 1.